The summed E-state index contributed by atoms with van der Waals surface area (Å²) in [7, 11) is 0. The molecule has 1 aromatic heterocycles. The third-order valence-corrected chi connectivity index (χ3v) is 4.97. The highest BCUT2D eigenvalue weighted by atomic mass is 19.4. The van der Waals surface area contributed by atoms with E-state index in [-0.39, 0.29) is 6.42 Å². The quantitative estimate of drug-likeness (QED) is 0.463. The van der Waals surface area contributed by atoms with Crippen molar-refractivity contribution in [3.05, 3.63) is 71.4 Å². The Balaban J connectivity index is 1.63. The maximum Gasteiger partial charge on any atom is 0.416 e. The number of alkyl halides is 3. The zero-order chi connectivity index (χ0) is 24.0. The minimum atomic E-state index is -4.44. The minimum Gasteiger partial charge on any atom is -0.357 e. The van der Waals surface area contributed by atoms with Crippen LogP contribution < -0.4 is 15.5 Å². The van der Waals surface area contributed by atoms with Gasteiger partial charge < -0.3 is 15.5 Å². The van der Waals surface area contributed by atoms with Gasteiger partial charge in [0.2, 0.25) is 11.9 Å². The molecule has 2 N–H and O–H groups in total. The predicted octanol–water partition coefficient (Wildman–Crippen LogP) is 5.57. The highest BCUT2D eigenvalue weighted by Crippen LogP contribution is 2.29. The summed E-state index contributed by atoms with van der Waals surface area (Å²) >= 11 is 0. The van der Waals surface area contributed by atoms with Crippen LogP contribution in [0.2, 0.25) is 0 Å². The van der Waals surface area contributed by atoms with Crippen molar-refractivity contribution in [1.82, 2.24) is 9.97 Å². The predicted molar refractivity (Wildman–Crippen MR) is 124 cm³/mol. The molecular weight excluding hydrogens is 431 g/mol. The van der Waals surface area contributed by atoms with Crippen LogP contribution in [-0.2, 0) is 17.4 Å². The van der Waals surface area contributed by atoms with Crippen LogP contribution in [0.5, 0.6) is 0 Å². The van der Waals surface area contributed by atoms with E-state index in [2.05, 4.69) is 39.3 Å². The fourth-order valence-electron chi connectivity index (χ4n) is 3.33. The number of benzene rings is 2. The summed E-state index contributed by atoms with van der Waals surface area (Å²) in [5, 5.41) is 5.86. The van der Waals surface area contributed by atoms with Crippen LogP contribution in [0.25, 0.3) is 0 Å². The molecule has 0 saturated heterocycles. The molecule has 0 radical (unpaired) electrons. The van der Waals surface area contributed by atoms with Gasteiger partial charge in [-0.05, 0) is 56.7 Å². The molecule has 0 fully saturated rings. The van der Waals surface area contributed by atoms with Gasteiger partial charge in [-0.25, -0.2) is 4.98 Å². The highest BCUT2D eigenvalue weighted by molar-refractivity contribution is 5.92. The summed E-state index contributed by atoms with van der Waals surface area (Å²) < 4.78 is 38.5. The Hall–Kier alpha value is -3.62. The topological polar surface area (TPSA) is 70.2 Å². The third kappa shape index (κ3) is 6.68. The third-order valence-electron chi connectivity index (χ3n) is 4.97. The van der Waals surface area contributed by atoms with Crippen LogP contribution in [0.4, 0.5) is 36.3 Å². The van der Waals surface area contributed by atoms with Gasteiger partial charge in [0.1, 0.15) is 5.82 Å². The fourth-order valence-corrected chi connectivity index (χ4v) is 3.33. The first kappa shape index (κ1) is 24.0. The van der Waals surface area contributed by atoms with Crippen molar-refractivity contribution in [1.29, 1.82) is 0 Å². The SMILES string of the molecule is CCN(CC)c1cc(C)nc(Nc2ccc(NC(=O)Cc3cccc(C(F)(F)F)c3)cc2)n1. The van der Waals surface area contributed by atoms with Crippen molar-refractivity contribution in [2.45, 2.75) is 33.4 Å². The Labute approximate surface area is 190 Å². The molecular formula is C24H26F3N5O. The van der Waals surface area contributed by atoms with Crippen molar-refractivity contribution in [2.24, 2.45) is 0 Å². The molecule has 0 atom stereocenters. The van der Waals surface area contributed by atoms with Crippen molar-refractivity contribution >= 4 is 29.0 Å². The molecule has 0 bridgehead atoms. The summed E-state index contributed by atoms with van der Waals surface area (Å²) in [6.45, 7) is 7.70. The zero-order valence-corrected chi connectivity index (χ0v) is 18.7. The average Bonchev–Trinajstić information content (AvgIpc) is 2.75. The first-order valence-corrected chi connectivity index (χ1v) is 10.6. The summed E-state index contributed by atoms with van der Waals surface area (Å²) in [6.07, 6.45) is -4.60. The van der Waals surface area contributed by atoms with Crippen molar-refractivity contribution in [3.63, 3.8) is 0 Å². The van der Waals surface area contributed by atoms with E-state index >= 15 is 0 Å². The Morgan fingerprint density at radius 2 is 1.64 bits per heavy atom. The fraction of sp³-hybridized carbons (Fsp3) is 0.292. The van der Waals surface area contributed by atoms with Gasteiger partial charge >= 0.3 is 6.18 Å². The van der Waals surface area contributed by atoms with Crippen molar-refractivity contribution in [3.8, 4) is 0 Å². The molecule has 33 heavy (non-hydrogen) atoms. The molecule has 0 aliphatic heterocycles. The van der Waals surface area contributed by atoms with E-state index in [1.54, 1.807) is 24.3 Å². The first-order chi connectivity index (χ1) is 15.7. The Bertz CT molecular complexity index is 1100. The van der Waals surface area contributed by atoms with Gasteiger partial charge in [0.15, 0.2) is 0 Å². The van der Waals surface area contributed by atoms with E-state index in [0.717, 1.165) is 42.4 Å². The summed E-state index contributed by atoms with van der Waals surface area (Å²) in [5.41, 5.74) is 1.63. The number of hydrogen-bond acceptors (Lipinski definition) is 5. The number of carbonyl (C=O) groups excluding carboxylic acids is 1. The van der Waals surface area contributed by atoms with Gasteiger partial charge in [0.25, 0.3) is 0 Å². The van der Waals surface area contributed by atoms with E-state index in [9.17, 15) is 18.0 Å². The molecule has 0 saturated carbocycles. The lowest BCUT2D eigenvalue weighted by atomic mass is 10.1. The number of aryl methyl sites for hydroxylation is 1. The van der Waals surface area contributed by atoms with E-state index < -0.39 is 17.6 Å². The first-order valence-electron chi connectivity index (χ1n) is 10.6. The standard InChI is InChI=1S/C24H26F3N5O/c1-4-32(5-2)21-13-16(3)28-23(31-21)30-20-11-9-19(10-12-20)29-22(33)15-17-7-6-8-18(14-17)24(25,26)27/h6-14H,4-5,15H2,1-3H3,(H,29,33)(H,28,30,31). The molecule has 0 aliphatic carbocycles. The van der Waals surface area contributed by atoms with Gasteiger partial charge in [-0.15, -0.1) is 0 Å². The maximum absolute atomic E-state index is 12.8. The number of nitrogens with one attached hydrogen (secondary N) is 2. The van der Waals surface area contributed by atoms with Crippen molar-refractivity contribution < 1.29 is 18.0 Å². The molecule has 6 nitrogen and oxygen atoms in total. The number of halogens is 3. The van der Waals surface area contributed by atoms with Crippen molar-refractivity contribution in [2.75, 3.05) is 28.6 Å². The second-order valence-electron chi connectivity index (χ2n) is 7.49. The lowest BCUT2D eigenvalue weighted by Gasteiger charge is -2.20. The number of hydrogen-bond donors (Lipinski definition) is 2. The summed E-state index contributed by atoms with van der Waals surface area (Å²) in [4.78, 5) is 23.4. The van der Waals surface area contributed by atoms with Crippen LogP contribution in [0.15, 0.2) is 54.6 Å². The van der Waals surface area contributed by atoms with Crippen LogP contribution in [0.1, 0.15) is 30.7 Å². The maximum atomic E-state index is 12.8. The largest absolute Gasteiger partial charge is 0.416 e. The van der Waals surface area contributed by atoms with Gasteiger partial charge in [-0.3, -0.25) is 4.79 Å². The van der Waals surface area contributed by atoms with E-state index in [1.165, 1.54) is 12.1 Å². The van der Waals surface area contributed by atoms with Gasteiger partial charge in [-0.1, -0.05) is 18.2 Å². The van der Waals surface area contributed by atoms with Gasteiger partial charge in [0.05, 0.1) is 12.0 Å². The van der Waals surface area contributed by atoms with E-state index in [4.69, 9.17) is 0 Å². The summed E-state index contributed by atoms with van der Waals surface area (Å²) in [6, 6.07) is 13.6. The minimum absolute atomic E-state index is 0.158. The van der Waals surface area contributed by atoms with Crippen LogP contribution in [0.3, 0.4) is 0 Å². The molecule has 3 rings (SSSR count). The molecule has 174 valence electrons. The number of aromatic nitrogens is 2. The second-order valence-corrected chi connectivity index (χ2v) is 7.49. The van der Waals surface area contributed by atoms with Crippen LogP contribution in [0, 0.1) is 6.92 Å². The molecule has 1 amide bonds. The number of amides is 1. The van der Waals surface area contributed by atoms with Crippen LogP contribution >= 0.6 is 0 Å². The molecule has 0 spiro atoms. The molecule has 3 aromatic rings. The van der Waals surface area contributed by atoms with E-state index in [0.29, 0.717) is 17.2 Å². The highest BCUT2D eigenvalue weighted by Gasteiger charge is 2.30. The molecule has 2 aromatic carbocycles. The van der Waals surface area contributed by atoms with Gasteiger partial charge in [-0.2, -0.15) is 18.2 Å². The Kier molecular flexibility index (Phi) is 7.52. The number of rotatable bonds is 8. The van der Waals surface area contributed by atoms with Crippen LogP contribution in [-0.4, -0.2) is 29.0 Å². The Morgan fingerprint density at radius 1 is 0.970 bits per heavy atom. The number of anilines is 4. The molecule has 0 aliphatic rings. The monoisotopic (exact) mass is 457 g/mol. The average molecular weight is 458 g/mol. The zero-order valence-electron chi connectivity index (χ0n) is 18.7. The molecule has 0 unspecified atom stereocenters. The molecule has 9 heteroatoms. The Morgan fingerprint density at radius 3 is 2.27 bits per heavy atom. The smallest absolute Gasteiger partial charge is 0.357 e. The summed E-state index contributed by atoms with van der Waals surface area (Å²) in [5.74, 6) is 0.910. The number of nitrogens with zero attached hydrogens (tertiary/aromatic N) is 3. The molecule has 1 heterocycles. The number of carbonyl (C=O) groups is 1. The lowest BCUT2D eigenvalue weighted by Crippen LogP contribution is -2.23. The lowest BCUT2D eigenvalue weighted by molar-refractivity contribution is -0.137. The normalized spacial score (nSPS) is 11.2. The van der Waals surface area contributed by atoms with E-state index in [1.807, 2.05) is 13.0 Å². The van der Waals surface area contributed by atoms with Gasteiger partial charge in [0, 0.05) is 36.2 Å². The second kappa shape index (κ2) is 10.3.